The van der Waals surface area contributed by atoms with Gasteiger partial charge in [-0.25, -0.2) is 0 Å². The molecule has 3 N–H and O–H groups in total. The number of rotatable bonds is 1. The Kier molecular flexibility index (Phi) is 2.52. The Morgan fingerprint density at radius 2 is 2.06 bits per heavy atom. The zero-order valence-corrected chi connectivity index (χ0v) is 9.50. The molecule has 0 aromatic heterocycles. The van der Waals surface area contributed by atoms with Crippen molar-refractivity contribution in [1.29, 1.82) is 0 Å². The van der Waals surface area contributed by atoms with Crippen LogP contribution in [0.25, 0.3) is 0 Å². The molecule has 3 rings (SSSR count). The molecule has 1 fully saturated rings. The van der Waals surface area contributed by atoms with Gasteiger partial charge in [0, 0.05) is 0 Å². The van der Waals surface area contributed by atoms with Crippen molar-refractivity contribution in [3.05, 3.63) is 29.8 Å². The van der Waals surface area contributed by atoms with Crippen molar-refractivity contribution in [3.8, 4) is 5.75 Å². The van der Waals surface area contributed by atoms with E-state index in [1.54, 1.807) is 12.1 Å². The number of benzene rings is 1. The molecule has 3 unspecified atom stereocenters. The van der Waals surface area contributed by atoms with Crippen LogP contribution in [0, 0.1) is 0 Å². The molecule has 90 valence electrons. The molecule has 4 nitrogen and oxygen atoms in total. The Balaban J connectivity index is 1.85. The summed E-state index contributed by atoms with van der Waals surface area (Å²) < 4.78 is 0. The predicted molar refractivity (Wildman–Crippen MR) is 65.2 cm³/mol. The van der Waals surface area contributed by atoms with Crippen molar-refractivity contribution in [2.75, 3.05) is 0 Å². The molecule has 0 radical (unpaired) electrons. The Morgan fingerprint density at radius 3 is 2.88 bits per heavy atom. The summed E-state index contributed by atoms with van der Waals surface area (Å²) >= 11 is 0. The maximum Gasteiger partial charge on any atom is 0.132 e. The SMILES string of the molecule is Oc1ccccc1C1=NC2CCC(O)CC2N1. The van der Waals surface area contributed by atoms with Crippen LogP contribution in [0.15, 0.2) is 29.3 Å². The molecule has 0 amide bonds. The largest absolute Gasteiger partial charge is 0.507 e. The number of fused-ring (bicyclic) bond motifs is 1. The molecule has 1 aromatic rings. The van der Waals surface area contributed by atoms with Gasteiger partial charge in [-0.1, -0.05) is 12.1 Å². The fraction of sp³-hybridized carbons (Fsp3) is 0.462. The normalized spacial score (nSPS) is 31.6. The summed E-state index contributed by atoms with van der Waals surface area (Å²) in [5, 5.41) is 22.7. The Morgan fingerprint density at radius 1 is 1.24 bits per heavy atom. The van der Waals surface area contributed by atoms with Crippen molar-refractivity contribution in [1.82, 2.24) is 5.32 Å². The number of aliphatic hydroxyl groups excluding tert-OH is 1. The molecule has 0 spiro atoms. The van der Waals surface area contributed by atoms with E-state index >= 15 is 0 Å². The summed E-state index contributed by atoms with van der Waals surface area (Å²) in [6.45, 7) is 0. The summed E-state index contributed by atoms with van der Waals surface area (Å²) in [6, 6.07) is 7.66. The fourth-order valence-corrected chi connectivity index (χ4v) is 2.64. The smallest absolute Gasteiger partial charge is 0.132 e. The number of amidine groups is 1. The van der Waals surface area contributed by atoms with Gasteiger partial charge in [0.15, 0.2) is 0 Å². The highest BCUT2D eigenvalue weighted by atomic mass is 16.3. The number of hydrogen-bond donors (Lipinski definition) is 3. The van der Waals surface area contributed by atoms with E-state index < -0.39 is 0 Å². The van der Waals surface area contributed by atoms with Crippen molar-refractivity contribution in [2.45, 2.75) is 37.5 Å². The topological polar surface area (TPSA) is 64.9 Å². The molecule has 0 saturated heterocycles. The zero-order valence-electron chi connectivity index (χ0n) is 9.50. The average Bonchev–Trinajstić information content (AvgIpc) is 2.72. The lowest BCUT2D eigenvalue weighted by atomic mass is 9.90. The Labute approximate surface area is 100 Å². The molecule has 0 bridgehead atoms. The van der Waals surface area contributed by atoms with E-state index in [1.165, 1.54) is 0 Å². The zero-order chi connectivity index (χ0) is 11.8. The number of aliphatic imine (C=N–C) groups is 1. The molecule has 1 aliphatic heterocycles. The first-order valence-electron chi connectivity index (χ1n) is 6.05. The highest BCUT2D eigenvalue weighted by Gasteiger charge is 2.35. The Bertz CT molecular complexity index is 458. The quantitative estimate of drug-likeness (QED) is 0.677. The summed E-state index contributed by atoms with van der Waals surface area (Å²) in [6.07, 6.45) is 2.25. The van der Waals surface area contributed by atoms with Gasteiger partial charge in [0.1, 0.15) is 11.6 Å². The minimum atomic E-state index is -0.220. The third-order valence-electron chi connectivity index (χ3n) is 3.56. The van der Waals surface area contributed by atoms with Crippen LogP contribution in [-0.2, 0) is 0 Å². The van der Waals surface area contributed by atoms with Gasteiger partial charge in [-0.2, -0.15) is 0 Å². The van der Waals surface area contributed by atoms with Crippen LogP contribution in [0.4, 0.5) is 0 Å². The van der Waals surface area contributed by atoms with Gasteiger partial charge < -0.3 is 15.5 Å². The minimum absolute atomic E-state index is 0.216. The van der Waals surface area contributed by atoms with Crippen LogP contribution >= 0.6 is 0 Å². The summed E-state index contributed by atoms with van der Waals surface area (Å²) in [5.41, 5.74) is 0.747. The Hall–Kier alpha value is -1.55. The number of hydrogen-bond acceptors (Lipinski definition) is 4. The van der Waals surface area contributed by atoms with Crippen LogP contribution in [0.1, 0.15) is 24.8 Å². The molecular weight excluding hydrogens is 216 g/mol. The summed E-state index contributed by atoms with van der Waals surface area (Å²) in [5.74, 6) is 1.00. The molecule has 1 heterocycles. The van der Waals surface area contributed by atoms with E-state index in [0.717, 1.165) is 30.7 Å². The van der Waals surface area contributed by atoms with Crippen LogP contribution in [0.2, 0.25) is 0 Å². The summed E-state index contributed by atoms with van der Waals surface area (Å²) in [4.78, 5) is 4.61. The monoisotopic (exact) mass is 232 g/mol. The maximum absolute atomic E-state index is 9.79. The van der Waals surface area contributed by atoms with Gasteiger partial charge in [-0.15, -0.1) is 0 Å². The molecule has 2 aliphatic rings. The first-order valence-corrected chi connectivity index (χ1v) is 6.05. The van der Waals surface area contributed by atoms with Crippen LogP contribution in [0.5, 0.6) is 5.75 Å². The van der Waals surface area contributed by atoms with Crippen molar-refractivity contribution in [2.24, 2.45) is 4.99 Å². The van der Waals surface area contributed by atoms with E-state index in [0.29, 0.717) is 0 Å². The van der Waals surface area contributed by atoms with Crippen molar-refractivity contribution >= 4 is 5.84 Å². The highest BCUT2D eigenvalue weighted by molar-refractivity contribution is 6.02. The lowest BCUT2D eigenvalue weighted by Crippen LogP contribution is -2.41. The third kappa shape index (κ3) is 1.89. The number of phenolic OH excluding ortho intramolecular Hbond substituents is 1. The first-order chi connectivity index (χ1) is 8.24. The van der Waals surface area contributed by atoms with Crippen LogP contribution in [0.3, 0.4) is 0 Å². The van der Waals surface area contributed by atoms with Crippen molar-refractivity contribution in [3.63, 3.8) is 0 Å². The first kappa shape index (κ1) is 10.6. The lowest BCUT2D eigenvalue weighted by molar-refractivity contribution is 0.112. The standard InChI is InChI=1S/C13H16N2O2/c16-8-5-6-10-11(7-8)15-13(14-10)9-3-1-2-4-12(9)17/h1-4,8,10-11,16-17H,5-7H2,(H,14,15). The molecule has 4 heteroatoms. The van der Waals surface area contributed by atoms with Gasteiger partial charge in [-0.05, 0) is 31.4 Å². The van der Waals surface area contributed by atoms with Crippen molar-refractivity contribution < 1.29 is 10.2 Å². The van der Waals surface area contributed by atoms with E-state index in [9.17, 15) is 10.2 Å². The number of phenols is 1. The van der Waals surface area contributed by atoms with E-state index in [1.807, 2.05) is 12.1 Å². The van der Waals surface area contributed by atoms with Gasteiger partial charge in [0.05, 0.1) is 23.8 Å². The van der Waals surface area contributed by atoms with Crippen LogP contribution < -0.4 is 5.32 Å². The van der Waals surface area contributed by atoms with E-state index in [2.05, 4.69) is 10.3 Å². The fourth-order valence-electron chi connectivity index (χ4n) is 2.64. The second-order valence-corrected chi connectivity index (χ2v) is 4.78. The highest BCUT2D eigenvalue weighted by Crippen LogP contribution is 2.28. The third-order valence-corrected chi connectivity index (χ3v) is 3.56. The van der Waals surface area contributed by atoms with Gasteiger partial charge in [0.25, 0.3) is 0 Å². The number of aliphatic hydroxyl groups is 1. The molecule has 1 aliphatic carbocycles. The van der Waals surface area contributed by atoms with E-state index in [-0.39, 0.29) is 23.9 Å². The van der Waals surface area contributed by atoms with Gasteiger partial charge >= 0.3 is 0 Å². The second-order valence-electron chi connectivity index (χ2n) is 4.78. The molecule has 17 heavy (non-hydrogen) atoms. The number of nitrogens with one attached hydrogen (secondary N) is 1. The van der Waals surface area contributed by atoms with Gasteiger partial charge in [0.2, 0.25) is 0 Å². The average molecular weight is 232 g/mol. The lowest BCUT2D eigenvalue weighted by Gasteiger charge is -2.27. The summed E-state index contributed by atoms with van der Waals surface area (Å²) in [7, 11) is 0. The minimum Gasteiger partial charge on any atom is -0.507 e. The number of aromatic hydroxyl groups is 1. The number of para-hydroxylation sites is 1. The van der Waals surface area contributed by atoms with Crippen LogP contribution in [-0.4, -0.2) is 34.2 Å². The number of nitrogens with zero attached hydrogens (tertiary/aromatic N) is 1. The van der Waals surface area contributed by atoms with Gasteiger partial charge in [-0.3, -0.25) is 4.99 Å². The molecule has 1 aromatic carbocycles. The predicted octanol–water partition coefficient (Wildman–Crippen LogP) is 1.02. The molecule has 3 atom stereocenters. The van der Waals surface area contributed by atoms with E-state index in [4.69, 9.17) is 0 Å². The molecule has 1 saturated carbocycles. The second kappa shape index (κ2) is 4.04. The maximum atomic E-state index is 9.79. The molecular formula is C13H16N2O2.